The first-order valence-corrected chi connectivity index (χ1v) is 7.71. The van der Waals surface area contributed by atoms with Crippen LogP contribution in [0.15, 0.2) is 40.0 Å². The summed E-state index contributed by atoms with van der Waals surface area (Å²) in [7, 11) is 1.52. The molecule has 0 bridgehead atoms. The van der Waals surface area contributed by atoms with E-state index < -0.39 is 0 Å². The van der Waals surface area contributed by atoms with Gasteiger partial charge >= 0.3 is 0 Å². The summed E-state index contributed by atoms with van der Waals surface area (Å²) in [5, 5.41) is 4.60. The first-order chi connectivity index (χ1) is 10.1. The fraction of sp³-hybridized carbons (Fsp3) is 0.214. The molecule has 1 amide bonds. The van der Waals surface area contributed by atoms with Crippen molar-refractivity contribution in [3.05, 3.63) is 51.4 Å². The van der Waals surface area contributed by atoms with Crippen LogP contribution in [0.25, 0.3) is 0 Å². The molecule has 1 aromatic carbocycles. The number of aryl methyl sites for hydroxylation is 1. The zero-order chi connectivity index (χ0) is 15.0. The molecular weight excluding hydrogens is 310 g/mol. The molecule has 1 aliphatic rings. The first kappa shape index (κ1) is 14.2. The van der Waals surface area contributed by atoms with Gasteiger partial charge in [-0.25, -0.2) is 4.68 Å². The third-order valence-corrected chi connectivity index (χ3v) is 4.49. The van der Waals surface area contributed by atoms with Crippen molar-refractivity contribution in [2.24, 2.45) is 7.05 Å². The van der Waals surface area contributed by atoms with Crippen molar-refractivity contribution in [2.75, 3.05) is 17.2 Å². The van der Waals surface area contributed by atoms with Gasteiger partial charge in [-0.15, -0.1) is 11.8 Å². The number of nitrogens with zero attached hydrogens (tertiary/aromatic N) is 3. The Kier molecular flexibility index (Phi) is 3.73. The standard InChI is InChI=1S/C14H12ClN3O2S/c1-17-13(19)5-3-10(16-17)14(20)18-6-7-21-12-4-2-9(15)8-11(12)18/h2-5,8H,6-7H2,1H3. The van der Waals surface area contributed by atoms with E-state index >= 15 is 0 Å². The summed E-state index contributed by atoms with van der Waals surface area (Å²) in [6.07, 6.45) is 0. The Morgan fingerprint density at radius 1 is 1.33 bits per heavy atom. The lowest BCUT2D eigenvalue weighted by atomic mass is 10.2. The number of hydrogen-bond donors (Lipinski definition) is 0. The number of carbonyl (C=O) groups excluding carboxylic acids is 1. The third kappa shape index (κ3) is 2.69. The summed E-state index contributed by atoms with van der Waals surface area (Å²) in [5.41, 5.74) is 0.790. The Balaban J connectivity index is 2.01. The molecule has 0 N–H and O–H groups in total. The van der Waals surface area contributed by atoms with E-state index in [-0.39, 0.29) is 17.2 Å². The van der Waals surface area contributed by atoms with Crippen LogP contribution < -0.4 is 10.5 Å². The van der Waals surface area contributed by atoms with Crippen molar-refractivity contribution in [3.8, 4) is 0 Å². The molecule has 108 valence electrons. The van der Waals surface area contributed by atoms with E-state index in [2.05, 4.69) is 5.10 Å². The summed E-state index contributed by atoms with van der Waals surface area (Å²) < 4.78 is 1.16. The molecule has 0 unspecified atom stereocenters. The highest BCUT2D eigenvalue weighted by Crippen LogP contribution is 2.36. The summed E-state index contributed by atoms with van der Waals surface area (Å²) in [5.74, 6) is 0.584. The molecule has 3 rings (SSSR count). The molecule has 0 radical (unpaired) electrons. The van der Waals surface area contributed by atoms with Crippen molar-refractivity contribution < 1.29 is 4.79 Å². The monoisotopic (exact) mass is 321 g/mol. The molecule has 7 heteroatoms. The van der Waals surface area contributed by atoms with E-state index in [4.69, 9.17) is 11.6 Å². The molecular formula is C14H12ClN3O2S. The van der Waals surface area contributed by atoms with E-state index in [0.717, 1.165) is 21.0 Å². The average molecular weight is 322 g/mol. The number of anilines is 1. The fourth-order valence-electron chi connectivity index (χ4n) is 2.16. The second-order valence-corrected chi connectivity index (χ2v) is 6.17. The van der Waals surface area contributed by atoms with Crippen LogP contribution in [0.1, 0.15) is 10.5 Å². The molecule has 0 saturated carbocycles. The second kappa shape index (κ2) is 5.54. The van der Waals surface area contributed by atoms with E-state index in [1.54, 1.807) is 22.7 Å². The molecule has 0 fully saturated rings. The van der Waals surface area contributed by atoms with Crippen molar-refractivity contribution in [3.63, 3.8) is 0 Å². The number of halogens is 1. The highest BCUT2D eigenvalue weighted by atomic mass is 35.5. The molecule has 0 spiro atoms. The topological polar surface area (TPSA) is 55.2 Å². The van der Waals surface area contributed by atoms with Crippen molar-refractivity contribution >= 4 is 35.0 Å². The lowest BCUT2D eigenvalue weighted by Gasteiger charge is -2.28. The van der Waals surface area contributed by atoms with Gasteiger partial charge in [0.2, 0.25) is 0 Å². The number of benzene rings is 1. The van der Waals surface area contributed by atoms with Gasteiger partial charge in [-0.05, 0) is 24.3 Å². The largest absolute Gasteiger partial charge is 0.305 e. The normalized spacial score (nSPS) is 13.9. The van der Waals surface area contributed by atoms with Gasteiger partial charge in [0, 0.05) is 35.3 Å². The Morgan fingerprint density at radius 2 is 2.14 bits per heavy atom. The van der Waals surface area contributed by atoms with E-state index in [0.29, 0.717) is 11.6 Å². The highest BCUT2D eigenvalue weighted by molar-refractivity contribution is 7.99. The predicted octanol–water partition coefficient (Wildman–Crippen LogP) is 2.19. The number of hydrogen-bond acceptors (Lipinski definition) is 4. The zero-order valence-corrected chi connectivity index (χ0v) is 12.8. The zero-order valence-electron chi connectivity index (χ0n) is 11.2. The Bertz CT molecular complexity index is 775. The van der Waals surface area contributed by atoms with Gasteiger partial charge in [0.1, 0.15) is 5.69 Å². The molecule has 2 heterocycles. The van der Waals surface area contributed by atoms with Crippen molar-refractivity contribution in [2.45, 2.75) is 4.90 Å². The first-order valence-electron chi connectivity index (χ1n) is 6.35. The number of carbonyl (C=O) groups is 1. The van der Waals surface area contributed by atoms with Gasteiger partial charge < -0.3 is 4.90 Å². The van der Waals surface area contributed by atoms with E-state index in [1.165, 1.54) is 19.2 Å². The number of fused-ring (bicyclic) bond motifs is 1. The molecule has 1 aromatic heterocycles. The Labute approximate surface area is 130 Å². The van der Waals surface area contributed by atoms with E-state index in [9.17, 15) is 9.59 Å². The molecule has 0 aliphatic carbocycles. The molecule has 1 aliphatic heterocycles. The van der Waals surface area contributed by atoms with Gasteiger partial charge in [-0.1, -0.05) is 11.6 Å². The second-order valence-electron chi connectivity index (χ2n) is 4.60. The fourth-order valence-corrected chi connectivity index (χ4v) is 3.30. The molecule has 5 nitrogen and oxygen atoms in total. The number of thioether (sulfide) groups is 1. The quantitative estimate of drug-likeness (QED) is 0.808. The Morgan fingerprint density at radius 3 is 2.90 bits per heavy atom. The number of amides is 1. The van der Waals surface area contributed by atoms with Crippen LogP contribution >= 0.6 is 23.4 Å². The van der Waals surface area contributed by atoms with Crippen molar-refractivity contribution in [1.82, 2.24) is 9.78 Å². The maximum atomic E-state index is 12.6. The molecule has 21 heavy (non-hydrogen) atoms. The van der Waals surface area contributed by atoms with Gasteiger partial charge in [0.15, 0.2) is 0 Å². The van der Waals surface area contributed by atoms with Crippen LogP contribution in [0.3, 0.4) is 0 Å². The third-order valence-electron chi connectivity index (χ3n) is 3.21. The minimum absolute atomic E-state index is 0.227. The molecule has 0 atom stereocenters. The van der Waals surface area contributed by atoms with Gasteiger partial charge in [-0.3, -0.25) is 9.59 Å². The van der Waals surface area contributed by atoms with Crippen LogP contribution in [-0.2, 0) is 7.05 Å². The molecule has 2 aromatic rings. The highest BCUT2D eigenvalue weighted by Gasteiger charge is 2.25. The summed E-state index contributed by atoms with van der Waals surface area (Å²) in [6, 6.07) is 8.30. The summed E-state index contributed by atoms with van der Waals surface area (Å²) in [4.78, 5) is 26.7. The SMILES string of the molecule is Cn1nc(C(=O)N2CCSc3ccc(Cl)cc32)ccc1=O. The van der Waals surface area contributed by atoms with Crippen molar-refractivity contribution in [1.29, 1.82) is 0 Å². The predicted molar refractivity (Wildman–Crippen MR) is 83.3 cm³/mol. The van der Waals surface area contributed by atoms with E-state index in [1.807, 2.05) is 12.1 Å². The lowest BCUT2D eigenvalue weighted by molar-refractivity contribution is 0.0980. The minimum atomic E-state index is -0.246. The van der Waals surface area contributed by atoms with Crippen LogP contribution in [0.2, 0.25) is 5.02 Å². The summed E-state index contributed by atoms with van der Waals surface area (Å²) >= 11 is 7.72. The molecule has 0 saturated heterocycles. The van der Waals surface area contributed by atoms with Gasteiger partial charge in [0.05, 0.1) is 5.69 Å². The maximum Gasteiger partial charge on any atom is 0.278 e. The Hall–Kier alpha value is -1.79. The number of aromatic nitrogens is 2. The van der Waals surface area contributed by atoms with Crippen LogP contribution in [0.5, 0.6) is 0 Å². The van der Waals surface area contributed by atoms with Gasteiger partial charge in [-0.2, -0.15) is 5.10 Å². The maximum absolute atomic E-state index is 12.6. The summed E-state index contributed by atoms with van der Waals surface area (Å²) in [6.45, 7) is 0.585. The van der Waals surface area contributed by atoms with Crippen LogP contribution in [-0.4, -0.2) is 28.0 Å². The van der Waals surface area contributed by atoms with Crippen LogP contribution in [0, 0.1) is 0 Å². The number of rotatable bonds is 1. The van der Waals surface area contributed by atoms with Gasteiger partial charge in [0.25, 0.3) is 11.5 Å². The minimum Gasteiger partial charge on any atom is -0.305 e. The smallest absolute Gasteiger partial charge is 0.278 e. The lowest BCUT2D eigenvalue weighted by Crippen LogP contribution is -2.37. The van der Waals surface area contributed by atoms with Crippen LogP contribution in [0.4, 0.5) is 5.69 Å². The average Bonchev–Trinajstić information content (AvgIpc) is 2.48.